The molecule has 3 saturated carbocycles. The fourth-order valence-corrected chi connectivity index (χ4v) is 4.05. The molecule has 1 amide bonds. The molecule has 18 heavy (non-hydrogen) atoms. The van der Waals surface area contributed by atoms with Crippen LogP contribution in [-0.4, -0.2) is 24.0 Å². The van der Waals surface area contributed by atoms with Crippen molar-refractivity contribution in [1.82, 2.24) is 10.6 Å². The van der Waals surface area contributed by atoms with Gasteiger partial charge in [-0.3, -0.25) is 4.79 Å². The van der Waals surface area contributed by atoms with Gasteiger partial charge in [0.25, 0.3) is 0 Å². The minimum atomic E-state index is -0.0419. The Kier molecular flexibility index (Phi) is 3.35. The highest BCUT2D eigenvalue weighted by atomic mass is 16.2. The first-order valence-corrected chi connectivity index (χ1v) is 7.70. The number of nitrogens with one attached hydrogen (secondary N) is 2. The van der Waals surface area contributed by atoms with Crippen LogP contribution >= 0.6 is 0 Å². The van der Waals surface area contributed by atoms with Gasteiger partial charge in [0.2, 0.25) is 5.91 Å². The maximum atomic E-state index is 11.9. The molecule has 102 valence electrons. The monoisotopic (exact) mass is 250 g/mol. The van der Waals surface area contributed by atoms with Crippen LogP contribution in [0.2, 0.25) is 0 Å². The lowest BCUT2D eigenvalue weighted by Crippen LogP contribution is -2.49. The van der Waals surface area contributed by atoms with Gasteiger partial charge in [-0.1, -0.05) is 6.42 Å². The minimum absolute atomic E-state index is 0.0419. The molecular weight excluding hydrogens is 224 g/mol. The summed E-state index contributed by atoms with van der Waals surface area (Å²) in [7, 11) is 0. The van der Waals surface area contributed by atoms with Gasteiger partial charge in [0.05, 0.1) is 6.04 Å². The number of rotatable bonds is 5. The zero-order valence-corrected chi connectivity index (χ0v) is 11.6. The summed E-state index contributed by atoms with van der Waals surface area (Å²) >= 11 is 0. The Hall–Kier alpha value is -0.570. The predicted octanol–water partition coefficient (Wildman–Crippen LogP) is 2.07. The van der Waals surface area contributed by atoms with Crippen molar-refractivity contribution < 1.29 is 4.79 Å². The van der Waals surface area contributed by atoms with E-state index in [-0.39, 0.29) is 11.9 Å². The number of amides is 1. The van der Waals surface area contributed by atoms with E-state index in [9.17, 15) is 4.79 Å². The first-order valence-electron chi connectivity index (χ1n) is 7.70. The predicted molar refractivity (Wildman–Crippen MR) is 72.2 cm³/mol. The molecule has 5 unspecified atom stereocenters. The molecule has 2 bridgehead atoms. The fraction of sp³-hybridized carbons (Fsp3) is 0.933. The van der Waals surface area contributed by atoms with Gasteiger partial charge in [-0.15, -0.1) is 0 Å². The summed E-state index contributed by atoms with van der Waals surface area (Å²) < 4.78 is 0. The molecule has 3 heteroatoms. The third kappa shape index (κ3) is 2.56. The van der Waals surface area contributed by atoms with E-state index < -0.39 is 0 Å². The molecular formula is C15H26N2O. The van der Waals surface area contributed by atoms with Gasteiger partial charge in [0.15, 0.2) is 0 Å². The van der Waals surface area contributed by atoms with Crippen LogP contribution in [0.25, 0.3) is 0 Å². The molecule has 5 atom stereocenters. The Bertz CT molecular complexity index is 326. The Morgan fingerprint density at radius 2 is 1.89 bits per heavy atom. The SMILES string of the molecule is CC(NC(C)C1CC2CCC1C2)C(=O)NC1CC1. The highest BCUT2D eigenvalue weighted by molar-refractivity contribution is 5.81. The van der Waals surface area contributed by atoms with Crippen molar-refractivity contribution in [2.75, 3.05) is 0 Å². The van der Waals surface area contributed by atoms with Gasteiger partial charge in [0, 0.05) is 12.1 Å². The second-order valence-corrected chi connectivity index (χ2v) is 6.80. The number of carbonyl (C=O) groups excluding carboxylic acids is 1. The van der Waals surface area contributed by atoms with Crippen molar-refractivity contribution >= 4 is 5.91 Å². The first kappa shape index (κ1) is 12.5. The fourth-order valence-electron chi connectivity index (χ4n) is 4.05. The van der Waals surface area contributed by atoms with Gasteiger partial charge < -0.3 is 10.6 Å². The summed E-state index contributed by atoms with van der Waals surface area (Å²) in [5, 5.41) is 6.61. The molecule has 3 aliphatic rings. The van der Waals surface area contributed by atoms with E-state index in [0.29, 0.717) is 12.1 Å². The Balaban J connectivity index is 1.47. The summed E-state index contributed by atoms with van der Waals surface area (Å²) in [5.74, 6) is 2.91. The lowest BCUT2D eigenvalue weighted by Gasteiger charge is -2.30. The smallest absolute Gasteiger partial charge is 0.237 e. The van der Waals surface area contributed by atoms with Crippen LogP contribution in [-0.2, 0) is 4.79 Å². The van der Waals surface area contributed by atoms with E-state index in [0.717, 1.165) is 17.8 Å². The summed E-state index contributed by atoms with van der Waals surface area (Å²) in [6.07, 6.45) is 8.03. The minimum Gasteiger partial charge on any atom is -0.352 e. The van der Waals surface area contributed by atoms with Crippen molar-refractivity contribution in [3.05, 3.63) is 0 Å². The maximum Gasteiger partial charge on any atom is 0.237 e. The maximum absolute atomic E-state index is 11.9. The van der Waals surface area contributed by atoms with Crippen LogP contribution in [0.15, 0.2) is 0 Å². The lowest BCUT2D eigenvalue weighted by molar-refractivity contribution is -0.123. The molecule has 0 aromatic rings. The third-order valence-electron chi connectivity index (χ3n) is 5.26. The molecule has 0 heterocycles. The molecule has 0 aromatic carbocycles. The molecule has 3 aliphatic carbocycles. The standard InChI is InChI=1S/C15H26N2O/c1-9(14-8-11-3-4-12(14)7-11)16-10(2)15(18)17-13-5-6-13/h9-14,16H,3-8H2,1-2H3,(H,17,18). The normalized spacial score (nSPS) is 37.6. The molecule has 2 N–H and O–H groups in total. The Morgan fingerprint density at radius 3 is 2.44 bits per heavy atom. The Morgan fingerprint density at radius 1 is 1.11 bits per heavy atom. The van der Waals surface area contributed by atoms with Crippen molar-refractivity contribution in [3.63, 3.8) is 0 Å². The van der Waals surface area contributed by atoms with Gasteiger partial charge in [-0.05, 0) is 63.7 Å². The topological polar surface area (TPSA) is 41.1 Å². The van der Waals surface area contributed by atoms with Crippen LogP contribution in [0.4, 0.5) is 0 Å². The van der Waals surface area contributed by atoms with Gasteiger partial charge >= 0.3 is 0 Å². The summed E-state index contributed by atoms with van der Waals surface area (Å²) in [4.78, 5) is 11.9. The number of hydrogen-bond acceptors (Lipinski definition) is 2. The third-order valence-corrected chi connectivity index (χ3v) is 5.26. The highest BCUT2D eigenvalue weighted by Crippen LogP contribution is 2.49. The second kappa shape index (κ2) is 4.84. The molecule has 0 aliphatic heterocycles. The van der Waals surface area contributed by atoms with Gasteiger partial charge in [-0.25, -0.2) is 0 Å². The van der Waals surface area contributed by atoms with Gasteiger partial charge in [0.1, 0.15) is 0 Å². The van der Waals surface area contributed by atoms with Crippen LogP contribution in [0.3, 0.4) is 0 Å². The second-order valence-electron chi connectivity index (χ2n) is 6.80. The molecule has 3 fully saturated rings. The van der Waals surface area contributed by atoms with Crippen molar-refractivity contribution in [1.29, 1.82) is 0 Å². The quantitative estimate of drug-likeness (QED) is 0.784. The Labute approximate surface area is 110 Å². The van der Waals surface area contributed by atoms with E-state index in [1.165, 1.54) is 38.5 Å². The van der Waals surface area contributed by atoms with Crippen LogP contribution < -0.4 is 10.6 Å². The van der Waals surface area contributed by atoms with Gasteiger partial charge in [-0.2, -0.15) is 0 Å². The van der Waals surface area contributed by atoms with E-state index in [1.807, 2.05) is 6.92 Å². The molecule has 0 spiro atoms. The molecule has 3 rings (SSSR count). The van der Waals surface area contributed by atoms with E-state index in [1.54, 1.807) is 0 Å². The molecule has 0 aromatic heterocycles. The zero-order chi connectivity index (χ0) is 12.7. The first-order chi connectivity index (χ1) is 8.63. The highest BCUT2D eigenvalue weighted by Gasteiger charge is 2.42. The van der Waals surface area contributed by atoms with E-state index in [4.69, 9.17) is 0 Å². The molecule has 3 nitrogen and oxygen atoms in total. The summed E-state index contributed by atoms with van der Waals surface area (Å²) in [5.41, 5.74) is 0. The van der Waals surface area contributed by atoms with Crippen LogP contribution in [0.1, 0.15) is 52.4 Å². The summed E-state index contributed by atoms with van der Waals surface area (Å²) in [6.45, 7) is 4.27. The molecule has 0 radical (unpaired) electrons. The number of fused-ring (bicyclic) bond motifs is 2. The largest absolute Gasteiger partial charge is 0.352 e. The van der Waals surface area contributed by atoms with Crippen LogP contribution in [0, 0.1) is 17.8 Å². The van der Waals surface area contributed by atoms with Crippen molar-refractivity contribution in [2.24, 2.45) is 17.8 Å². The zero-order valence-electron chi connectivity index (χ0n) is 11.6. The average molecular weight is 250 g/mol. The van der Waals surface area contributed by atoms with E-state index in [2.05, 4.69) is 17.6 Å². The number of hydrogen-bond donors (Lipinski definition) is 2. The lowest BCUT2D eigenvalue weighted by atomic mass is 9.84. The summed E-state index contributed by atoms with van der Waals surface area (Å²) in [6, 6.07) is 0.916. The van der Waals surface area contributed by atoms with E-state index >= 15 is 0 Å². The molecule has 0 saturated heterocycles. The van der Waals surface area contributed by atoms with Crippen molar-refractivity contribution in [2.45, 2.75) is 70.5 Å². The average Bonchev–Trinajstić information content (AvgIpc) is 2.91. The van der Waals surface area contributed by atoms with Crippen molar-refractivity contribution in [3.8, 4) is 0 Å². The number of carbonyl (C=O) groups is 1. The van der Waals surface area contributed by atoms with Crippen LogP contribution in [0.5, 0.6) is 0 Å².